The van der Waals surface area contributed by atoms with Gasteiger partial charge in [-0.05, 0) is 38.5 Å². The fourth-order valence-corrected chi connectivity index (χ4v) is 3.38. The number of nitrogens with zero attached hydrogens (tertiary/aromatic N) is 3. The number of aldehydes is 1. The van der Waals surface area contributed by atoms with E-state index in [1.807, 2.05) is 38.2 Å². The number of alkyl carbamates (subject to hydrolysis) is 1. The smallest absolute Gasteiger partial charge is 0.407 e. The number of rotatable bonds is 5. The molecule has 7 nitrogen and oxygen atoms in total. The third kappa shape index (κ3) is 6.29. The van der Waals surface area contributed by atoms with Crippen molar-refractivity contribution in [3.8, 4) is 22.4 Å². The first kappa shape index (κ1) is 25.6. The molecule has 2 aromatic carbocycles. The van der Waals surface area contributed by atoms with Gasteiger partial charge < -0.3 is 10.1 Å². The molecule has 0 radical (unpaired) electrons. The minimum absolute atomic E-state index is 0.00622. The number of halogens is 1. The Morgan fingerprint density at radius 3 is 2.37 bits per heavy atom. The highest BCUT2D eigenvalue weighted by Gasteiger charge is 2.17. The molecule has 35 heavy (non-hydrogen) atoms. The van der Waals surface area contributed by atoms with Crippen molar-refractivity contribution in [2.24, 2.45) is 0 Å². The molecule has 2 heterocycles. The lowest BCUT2D eigenvalue weighted by Gasteiger charge is -2.19. The third-order valence-corrected chi connectivity index (χ3v) is 4.93. The predicted octanol–water partition coefficient (Wildman–Crippen LogP) is 6.07. The monoisotopic (exact) mass is 476 g/mol. The number of aromatic nitrogens is 3. The summed E-state index contributed by atoms with van der Waals surface area (Å²) in [6.45, 7) is 9.29. The molecule has 1 amide bonds. The van der Waals surface area contributed by atoms with Crippen LogP contribution in [0.5, 0.6) is 0 Å². The Bertz CT molecular complexity index is 1320. The summed E-state index contributed by atoms with van der Waals surface area (Å²) in [5.74, 6) is -0.462. The minimum atomic E-state index is -0.628. The number of benzene rings is 2. The fourth-order valence-electron chi connectivity index (χ4n) is 3.38. The van der Waals surface area contributed by atoms with Gasteiger partial charge in [0.2, 0.25) is 0 Å². The second-order valence-corrected chi connectivity index (χ2v) is 8.57. The molecule has 0 aliphatic rings. The molecule has 0 fully saturated rings. The van der Waals surface area contributed by atoms with Gasteiger partial charge in [-0.2, -0.15) is 5.10 Å². The van der Waals surface area contributed by atoms with Gasteiger partial charge in [0, 0.05) is 35.0 Å². The van der Waals surface area contributed by atoms with Crippen molar-refractivity contribution in [1.29, 1.82) is 0 Å². The molecular formula is C27H29FN4O3. The summed E-state index contributed by atoms with van der Waals surface area (Å²) in [6, 6.07) is 13.9. The topological polar surface area (TPSA) is 85.6 Å². The van der Waals surface area contributed by atoms with Gasteiger partial charge in [0.15, 0.2) is 0 Å². The molecule has 0 saturated carbocycles. The van der Waals surface area contributed by atoms with E-state index in [9.17, 15) is 14.0 Å². The number of ether oxygens (including phenoxy) is 1. The van der Waals surface area contributed by atoms with Crippen molar-refractivity contribution in [1.82, 2.24) is 19.9 Å². The van der Waals surface area contributed by atoms with E-state index in [1.54, 1.807) is 49.6 Å². The van der Waals surface area contributed by atoms with Crippen molar-refractivity contribution in [3.05, 3.63) is 78.0 Å². The lowest BCUT2D eigenvalue weighted by molar-refractivity contribution is 0.0523. The number of nitrogens with one attached hydrogen (secondary N) is 1. The van der Waals surface area contributed by atoms with E-state index < -0.39 is 17.5 Å². The number of hydrogen-bond acceptors (Lipinski definition) is 5. The van der Waals surface area contributed by atoms with Crippen molar-refractivity contribution < 1.29 is 18.7 Å². The molecule has 0 atom stereocenters. The van der Waals surface area contributed by atoms with Gasteiger partial charge in [0.25, 0.3) is 0 Å². The zero-order valence-corrected chi connectivity index (χ0v) is 20.5. The van der Waals surface area contributed by atoms with Gasteiger partial charge in [0.05, 0.1) is 11.2 Å². The van der Waals surface area contributed by atoms with E-state index in [4.69, 9.17) is 4.74 Å². The number of carbonyl (C=O) groups is 2. The van der Waals surface area contributed by atoms with Gasteiger partial charge in [-0.15, -0.1) is 0 Å². The van der Waals surface area contributed by atoms with Crippen LogP contribution in [0.1, 0.15) is 50.5 Å². The highest BCUT2D eigenvalue weighted by molar-refractivity contribution is 5.82. The van der Waals surface area contributed by atoms with Crippen LogP contribution >= 0.6 is 0 Å². The second-order valence-electron chi connectivity index (χ2n) is 8.57. The van der Waals surface area contributed by atoms with Gasteiger partial charge >= 0.3 is 6.09 Å². The van der Waals surface area contributed by atoms with Crippen LogP contribution in [-0.4, -0.2) is 32.6 Å². The summed E-state index contributed by atoms with van der Waals surface area (Å²) in [7, 11) is 0. The quantitative estimate of drug-likeness (QED) is 0.354. The van der Waals surface area contributed by atoms with Crippen molar-refractivity contribution in [3.63, 3.8) is 0 Å². The number of hydrogen-bond donors (Lipinski definition) is 1. The maximum absolute atomic E-state index is 14.8. The van der Waals surface area contributed by atoms with E-state index in [1.165, 1.54) is 12.4 Å². The standard InChI is InChI=1S/C25H23FN4O3.C2H6/c1-25(2,3)33-24(32)27-12-19-9-8-18(10-21(19)26)23-22-11-20(13-30(22)29-15-28-23)17-6-4-16(14-31)5-7-17;1-2/h4-11,13-15H,12H2,1-3H3,(H,27,32);1-2H3. The summed E-state index contributed by atoms with van der Waals surface area (Å²) in [4.78, 5) is 27.1. The van der Waals surface area contributed by atoms with E-state index in [-0.39, 0.29) is 6.54 Å². The molecule has 0 unspecified atom stereocenters. The highest BCUT2D eigenvalue weighted by atomic mass is 19.1. The van der Waals surface area contributed by atoms with Crippen LogP contribution in [0.15, 0.2) is 61.1 Å². The van der Waals surface area contributed by atoms with E-state index in [0.29, 0.717) is 27.9 Å². The average molecular weight is 477 g/mol. The average Bonchev–Trinajstić information content (AvgIpc) is 3.28. The van der Waals surface area contributed by atoms with Crippen LogP contribution < -0.4 is 5.32 Å². The summed E-state index contributed by atoms with van der Waals surface area (Å²) < 4.78 is 21.7. The Kier molecular flexibility index (Phi) is 7.96. The van der Waals surface area contributed by atoms with Crippen LogP contribution in [0.3, 0.4) is 0 Å². The lowest BCUT2D eigenvalue weighted by atomic mass is 10.1. The fraction of sp³-hybridized carbons (Fsp3) is 0.259. The van der Waals surface area contributed by atoms with Crippen LogP contribution in [-0.2, 0) is 11.3 Å². The zero-order valence-electron chi connectivity index (χ0n) is 20.5. The molecule has 0 bridgehead atoms. The molecule has 8 heteroatoms. The first-order chi connectivity index (χ1) is 16.7. The second kappa shape index (κ2) is 10.9. The maximum atomic E-state index is 14.8. The van der Waals surface area contributed by atoms with Gasteiger partial charge in [-0.25, -0.2) is 18.7 Å². The zero-order chi connectivity index (χ0) is 25.6. The molecule has 182 valence electrons. The Labute approximate surface area is 204 Å². The van der Waals surface area contributed by atoms with Gasteiger partial charge in [-0.1, -0.05) is 50.2 Å². The maximum Gasteiger partial charge on any atom is 0.407 e. The number of fused-ring (bicyclic) bond motifs is 1. The molecule has 4 rings (SSSR count). The van der Waals surface area contributed by atoms with Crippen molar-refractivity contribution in [2.75, 3.05) is 0 Å². The third-order valence-electron chi connectivity index (χ3n) is 4.93. The summed E-state index contributed by atoms with van der Waals surface area (Å²) in [5, 5.41) is 6.82. The molecule has 1 N–H and O–H groups in total. The Morgan fingerprint density at radius 2 is 1.74 bits per heavy atom. The van der Waals surface area contributed by atoms with Gasteiger partial charge in [0.1, 0.15) is 24.0 Å². The van der Waals surface area contributed by atoms with Crippen molar-refractivity contribution >= 4 is 17.9 Å². The molecular weight excluding hydrogens is 447 g/mol. The highest BCUT2D eigenvalue weighted by Crippen LogP contribution is 2.29. The predicted molar refractivity (Wildman–Crippen MR) is 134 cm³/mol. The summed E-state index contributed by atoms with van der Waals surface area (Å²) >= 11 is 0. The minimum Gasteiger partial charge on any atom is -0.444 e. The Hall–Kier alpha value is -4.07. The van der Waals surface area contributed by atoms with Crippen LogP contribution in [0.4, 0.5) is 9.18 Å². The number of amides is 1. The first-order valence-corrected chi connectivity index (χ1v) is 11.4. The first-order valence-electron chi connectivity index (χ1n) is 11.4. The normalized spacial score (nSPS) is 10.9. The van der Waals surface area contributed by atoms with Crippen LogP contribution in [0.25, 0.3) is 27.9 Å². The largest absolute Gasteiger partial charge is 0.444 e. The summed E-state index contributed by atoms with van der Waals surface area (Å²) in [6.07, 6.45) is 3.46. The molecule has 0 spiro atoms. The van der Waals surface area contributed by atoms with Gasteiger partial charge in [-0.3, -0.25) is 4.79 Å². The van der Waals surface area contributed by atoms with E-state index in [2.05, 4.69) is 15.4 Å². The molecule has 2 aromatic heterocycles. The SMILES string of the molecule is CC.CC(C)(C)OC(=O)NCc1ccc(-c2ncnn3cc(-c4ccc(C=O)cc4)cc23)cc1F. The summed E-state index contributed by atoms with van der Waals surface area (Å²) in [5.41, 5.74) is 4.00. The Balaban J connectivity index is 0.00000167. The Morgan fingerprint density at radius 1 is 1.06 bits per heavy atom. The lowest BCUT2D eigenvalue weighted by Crippen LogP contribution is -2.32. The van der Waals surface area contributed by atoms with E-state index in [0.717, 1.165) is 17.4 Å². The van der Waals surface area contributed by atoms with Crippen molar-refractivity contribution in [2.45, 2.75) is 46.8 Å². The van der Waals surface area contributed by atoms with Crippen LogP contribution in [0, 0.1) is 5.82 Å². The number of carbonyl (C=O) groups excluding carboxylic acids is 2. The van der Waals surface area contributed by atoms with Crippen LogP contribution in [0.2, 0.25) is 0 Å². The molecule has 4 aromatic rings. The van der Waals surface area contributed by atoms with E-state index >= 15 is 0 Å². The molecule has 0 aliphatic heterocycles. The molecule has 0 aliphatic carbocycles. The molecule has 0 saturated heterocycles.